The molecule has 2 N–H and O–H groups in total. The van der Waals surface area contributed by atoms with E-state index in [0.717, 1.165) is 11.3 Å². The summed E-state index contributed by atoms with van der Waals surface area (Å²) in [6.45, 7) is 3.67. The molecule has 0 fully saturated rings. The van der Waals surface area contributed by atoms with Gasteiger partial charge in [-0.1, -0.05) is 49.0 Å². The Morgan fingerprint density at radius 1 is 1.31 bits per heavy atom. The number of benzene rings is 1. The Morgan fingerprint density at radius 2 is 2.08 bits per heavy atom. The molecule has 0 spiro atoms. The minimum Gasteiger partial charge on any atom is -0.301 e. The molecule has 8 heteroatoms. The van der Waals surface area contributed by atoms with Crippen LogP contribution in [0.5, 0.6) is 0 Å². The molecule has 3 rings (SSSR count). The summed E-state index contributed by atoms with van der Waals surface area (Å²) in [6, 6.07) is 11.2. The molecule has 6 nitrogen and oxygen atoms in total. The number of carbonyl (C=O) groups is 1. The SMILES string of the molecule is CC[C@H](Sc1nc(C)cc(=O)[nH]1)C(=O)Nc1nc(-c2ccccc2)cs1. The van der Waals surface area contributed by atoms with E-state index < -0.39 is 0 Å². The fourth-order valence-corrected chi connectivity index (χ4v) is 4.00. The highest BCUT2D eigenvalue weighted by Crippen LogP contribution is 2.27. The fraction of sp³-hybridized carbons (Fsp3) is 0.222. The summed E-state index contributed by atoms with van der Waals surface area (Å²) in [5.41, 5.74) is 2.24. The van der Waals surface area contributed by atoms with Gasteiger partial charge in [0.1, 0.15) is 0 Å². The predicted octanol–water partition coefficient (Wildman–Crippen LogP) is 3.71. The second-order valence-electron chi connectivity index (χ2n) is 5.60. The molecule has 134 valence electrons. The van der Waals surface area contributed by atoms with Crippen LogP contribution in [-0.2, 0) is 4.79 Å². The molecule has 0 aliphatic rings. The highest BCUT2D eigenvalue weighted by atomic mass is 32.2. The zero-order chi connectivity index (χ0) is 18.5. The van der Waals surface area contributed by atoms with Crippen LogP contribution in [-0.4, -0.2) is 26.1 Å². The van der Waals surface area contributed by atoms with E-state index in [1.807, 2.05) is 42.6 Å². The van der Waals surface area contributed by atoms with E-state index in [1.54, 1.807) is 6.92 Å². The summed E-state index contributed by atoms with van der Waals surface area (Å²) < 4.78 is 0. The maximum absolute atomic E-state index is 12.6. The van der Waals surface area contributed by atoms with Crippen LogP contribution < -0.4 is 10.9 Å². The fourth-order valence-electron chi connectivity index (χ4n) is 2.32. The van der Waals surface area contributed by atoms with E-state index in [0.29, 0.717) is 22.4 Å². The second-order valence-corrected chi connectivity index (χ2v) is 7.65. The first-order valence-corrected chi connectivity index (χ1v) is 9.87. The van der Waals surface area contributed by atoms with Gasteiger partial charge in [-0.3, -0.25) is 9.59 Å². The Bertz CT molecular complexity index is 953. The van der Waals surface area contributed by atoms with Crippen molar-refractivity contribution in [1.29, 1.82) is 0 Å². The van der Waals surface area contributed by atoms with Gasteiger partial charge in [-0.25, -0.2) is 9.97 Å². The maximum Gasteiger partial charge on any atom is 0.251 e. The van der Waals surface area contributed by atoms with Crippen LogP contribution in [0.15, 0.2) is 51.7 Å². The van der Waals surface area contributed by atoms with Crippen molar-refractivity contribution in [2.45, 2.75) is 30.7 Å². The van der Waals surface area contributed by atoms with Gasteiger partial charge in [0.2, 0.25) is 5.91 Å². The first-order valence-electron chi connectivity index (χ1n) is 8.11. The van der Waals surface area contributed by atoms with Gasteiger partial charge < -0.3 is 10.3 Å². The Hall–Kier alpha value is -2.45. The molecular formula is C18H18N4O2S2. The van der Waals surface area contributed by atoms with Gasteiger partial charge in [-0.2, -0.15) is 0 Å². The van der Waals surface area contributed by atoms with Gasteiger partial charge >= 0.3 is 0 Å². The lowest BCUT2D eigenvalue weighted by Gasteiger charge is -2.12. The highest BCUT2D eigenvalue weighted by molar-refractivity contribution is 8.00. The zero-order valence-corrected chi connectivity index (χ0v) is 16.0. The standard InChI is InChI=1S/C18H18N4O2S2/c1-3-14(26-18-19-11(2)9-15(23)21-18)16(24)22-17-20-13(10-25-17)12-7-5-4-6-8-12/h4-10,14H,3H2,1-2H3,(H,19,21,23)(H,20,22,24)/t14-/m0/s1. The average Bonchev–Trinajstić information content (AvgIpc) is 3.08. The minimum atomic E-state index is -0.371. The van der Waals surface area contributed by atoms with Crippen molar-refractivity contribution in [3.05, 3.63) is 57.8 Å². The van der Waals surface area contributed by atoms with E-state index in [9.17, 15) is 9.59 Å². The molecule has 1 atom stereocenters. The largest absolute Gasteiger partial charge is 0.301 e. The molecule has 0 unspecified atom stereocenters. The summed E-state index contributed by atoms with van der Waals surface area (Å²) in [7, 11) is 0. The van der Waals surface area contributed by atoms with Crippen LogP contribution >= 0.6 is 23.1 Å². The molecule has 2 aromatic heterocycles. The van der Waals surface area contributed by atoms with Crippen molar-refractivity contribution >= 4 is 34.1 Å². The summed E-state index contributed by atoms with van der Waals surface area (Å²) in [5.74, 6) is -0.157. The first-order chi connectivity index (χ1) is 12.5. The van der Waals surface area contributed by atoms with Gasteiger partial charge in [0.05, 0.1) is 10.9 Å². The number of H-pyrrole nitrogens is 1. The molecule has 26 heavy (non-hydrogen) atoms. The molecule has 0 saturated carbocycles. The molecule has 2 heterocycles. The van der Waals surface area contributed by atoms with E-state index in [4.69, 9.17) is 0 Å². The number of aryl methyl sites for hydroxylation is 1. The number of hydrogen-bond donors (Lipinski definition) is 2. The molecule has 0 radical (unpaired) electrons. The molecule has 1 amide bonds. The van der Waals surface area contributed by atoms with Crippen molar-refractivity contribution in [2.24, 2.45) is 0 Å². The smallest absolute Gasteiger partial charge is 0.251 e. The van der Waals surface area contributed by atoms with Crippen molar-refractivity contribution in [3.8, 4) is 11.3 Å². The quantitative estimate of drug-likeness (QED) is 0.498. The molecule has 0 saturated heterocycles. The van der Waals surface area contributed by atoms with Crippen LogP contribution in [0.3, 0.4) is 0 Å². The van der Waals surface area contributed by atoms with Crippen molar-refractivity contribution < 1.29 is 4.79 Å². The number of carbonyl (C=O) groups excluding carboxylic acids is 1. The van der Waals surface area contributed by atoms with Gasteiger partial charge in [-0.05, 0) is 13.3 Å². The summed E-state index contributed by atoms with van der Waals surface area (Å²) in [4.78, 5) is 35.5. The van der Waals surface area contributed by atoms with Crippen molar-refractivity contribution in [2.75, 3.05) is 5.32 Å². The average molecular weight is 387 g/mol. The molecule has 3 aromatic rings. The number of rotatable bonds is 6. The van der Waals surface area contributed by atoms with E-state index in [-0.39, 0.29) is 16.7 Å². The number of hydrogen-bond acceptors (Lipinski definition) is 6. The predicted molar refractivity (Wildman–Crippen MR) is 106 cm³/mol. The van der Waals surface area contributed by atoms with Gasteiger partial charge in [0.15, 0.2) is 10.3 Å². The summed E-state index contributed by atoms with van der Waals surface area (Å²) in [5, 5.41) is 5.40. The monoisotopic (exact) mass is 386 g/mol. The lowest BCUT2D eigenvalue weighted by Crippen LogP contribution is -2.25. The minimum absolute atomic E-state index is 0.157. The number of nitrogens with one attached hydrogen (secondary N) is 2. The third kappa shape index (κ3) is 4.59. The lowest BCUT2D eigenvalue weighted by molar-refractivity contribution is -0.115. The van der Waals surface area contributed by atoms with E-state index in [1.165, 1.54) is 29.2 Å². The third-order valence-corrected chi connectivity index (χ3v) is 5.58. The van der Waals surface area contributed by atoms with Crippen molar-refractivity contribution in [3.63, 3.8) is 0 Å². The number of amides is 1. The van der Waals surface area contributed by atoms with Crippen molar-refractivity contribution in [1.82, 2.24) is 15.0 Å². The number of thiazole rings is 1. The third-order valence-electron chi connectivity index (χ3n) is 3.57. The Balaban J connectivity index is 1.69. The van der Waals surface area contributed by atoms with Crippen LogP contribution in [0.4, 0.5) is 5.13 Å². The van der Waals surface area contributed by atoms with Gasteiger partial charge in [0.25, 0.3) is 5.56 Å². The van der Waals surface area contributed by atoms with Gasteiger partial charge in [0, 0.05) is 22.7 Å². The van der Waals surface area contributed by atoms with Crippen LogP contribution in [0.1, 0.15) is 19.0 Å². The molecule has 0 aliphatic heterocycles. The summed E-state index contributed by atoms with van der Waals surface area (Å²) in [6.07, 6.45) is 0.602. The van der Waals surface area contributed by atoms with Gasteiger partial charge in [-0.15, -0.1) is 11.3 Å². The van der Waals surface area contributed by atoms with Crippen LogP contribution in [0.25, 0.3) is 11.3 Å². The number of anilines is 1. The number of aromatic nitrogens is 3. The van der Waals surface area contributed by atoms with Crippen LogP contribution in [0, 0.1) is 6.92 Å². The summed E-state index contributed by atoms with van der Waals surface area (Å²) >= 11 is 2.63. The Kier molecular flexibility index (Phi) is 5.85. The number of aromatic amines is 1. The Labute approximate surface area is 159 Å². The second kappa shape index (κ2) is 8.29. The van der Waals surface area contributed by atoms with E-state index in [2.05, 4.69) is 20.3 Å². The van der Waals surface area contributed by atoms with E-state index >= 15 is 0 Å². The maximum atomic E-state index is 12.6. The topological polar surface area (TPSA) is 87.7 Å². The van der Waals surface area contributed by atoms with Crippen LogP contribution in [0.2, 0.25) is 0 Å². The zero-order valence-electron chi connectivity index (χ0n) is 14.4. The number of nitrogens with zero attached hydrogens (tertiary/aromatic N) is 2. The molecule has 0 aliphatic carbocycles. The lowest BCUT2D eigenvalue weighted by atomic mass is 10.2. The molecular weight excluding hydrogens is 368 g/mol. The molecule has 1 aromatic carbocycles. The Morgan fingerprint density at radius 3 is 2.77 bits per heavy atom. The normalized spacial score (nSPS) is 11.9. The molecule has 0 bridgehead atoms. The number of thioether (sulfide) groups is 1. The highest BCUT2D eigenvalue weighted by Gasteiger charge is 2.20. The first kappa shape index (κ1) is 18.3.